The zero-order chi connectivity index (χ0) is 19.4. The summed E-state index contributed by atoms with van der Waals surface area (Å²) in [6.45, 7) is 4.33. The van der Waals surface area contributed by atoms with Gasteiger partial charge in [-0.15, -0.1) is 0 Å². The minimum Gasteiger partial charge on any atom is -0.370 e. The van der Waals surface area contributed by atoms with Crippen LogP contribution in [0.1, 0.15) is 30.1 Å². The van der Waals surface area contributed by atoms with Crippen LogP contribution in [-0.4, -0.2) is 24.1 Å². The molecule has 1 aliphatic heterocycles. The molecular weight excluding hydrogens is 446 g/mol. The normalized spacial score (nSPS) is 14.7. The summed E-state index contributed by atoms with van der Waals surface area (Å²) in [7, 11) is 0. The molecule has 2 aromatic carbocycles. The van der Waals surface area contributed by atoms with Crippen LogP contribution >= 0.6 is 39.7 Å². The van der Waals surface area contributed by atoms with Gasteiger partial charge in [0.05, 0.1) is 16.3 Å². The van der Waals surface area contributed by atoms with Crippen molar-refractivity contribution in [3.05, 3.63) is 57.5 Å². The van der Waals surface area contributed by atoms with Crippen LogP contribution < -0.4 is 15.5 Å². The Balaban J connectivity index is 1.62. The lowest BCUT2D eigenvalue weighted by atomic mass is 9.99. The minimum atomic E-state index is -0.273. The van der Waals surface area contributed by atoms with Gasteiger partial charge < -0.3 is 10.2 Å². The molecular formula is C20H21BrClN3OS. The fourth-order valence-corrected chi connectivity index (χ4v) is 4.04. The average Bonchev–Trinajstić information content (AvgIpc) is 2.63. The maximum Gasteiger partial charge on any atom is 0.258 e. The van der Waals surface area contributed by atoms with Gasteiger partial charge in [0.25, 0.3) is 5.91 Å². The molecule has 2 aromatic rings. The number of halogens is 2. The molecule has 0 saturated carbocycles. The summed E-state index contributed by atoms with van der Waals surface area (Å²) < 4.78 is 0.716. The summed E-state index contributed by atoms with van der Waals surface area (Å²) >= 11 is 15.1. The number of amides is 1. The molecule has 2 N–H and O–H groups in total. The van der Waals surface area contributed by atoms with E-state index >= 15 is 0 Å². The number of thiocarbonyl (C=S) groups is 1. The van der Waals surface area contributed by atoms with Crippen LogP contribution in [-0.2, 0) is 0 Å². The van der Waals surface area contributed by atoms with E-state index in [2.05, 4.69) is 38.4 Å². The van der Waals surface area contributed by atoms with Gasteiger partial charge in [-0.1, -0.05) is 30.7 Å². The van der Waals surface area contributed by atoms with Crippen molar-refractivity contribution in [3.8, 4) is 0 Å². The number of hydrogen-bond donors (Lipinski definition) is 2. The zero-order valence-electron chi connectivity index (χ0n) is 15.0. The number of rotatable bonds is 3. The topological polar surface area (TPSA) is 44.4 Å². The Morgan fingerprint density at radius 1 is 1.22 bits per heavy atom. The second-order valence-electron chi connectivity index (χ2n) is 6.72. The summed E-state index contributed by atoms with van der Waals surface area (Å²) in [5, 5.41) is 6.61. The first kappa shape index (κ1) is 20.1. The summed E-state index contributed by atoms with van der Waals surface area (Å²) in [6.07, 6.45) is 2.36. The first-order chi connectivity index (χ1) is 12.9. The molecule has 7 heteroatoms. The summed E-state index contributed by atoms with van der Waals surface area (Å²) in [5.74, 6) is 0.497. The molecule has 3 rings (SSSR count). The van der Waals surface area contributed by atoms with Crippen molar-refractivity contribution in [2.24, 2.45) is 5.92 Å². The maximum atomic E-state index is 12.3. The number of anilines is 2. The van der Waals surface area contributed by atoms with Crippen LogP contribution in [0.3, 0.4) is 0 Å². The highest BCUT2D eigenvalue weighted by Crippen LogP contribution is 2.31. The monoisotopic (exact) mass is 465 g/mol. The van der Waals surface area contributed by atoms with E-state index in [-0.39, 0.29) is 11.0 Å². The van der Waals surface area contributed by atoms with Crippen LogP contribution in [0, 0.1) is 5.92 Å². The third-order valence-corrected chi connectivity index (χ3v) is 5.87. The van der Waals surface area contributed by atoms with Crippen LogP contribution in [0.5, 0.6) is 0 Å². The highest BCUT2D eigenvalue weighted by Gasteiger charge is 2.18. The smallest absolute Gasteiger partial charge is 0.258 e. The Morgan fingerprint density at radius 3 is 2.59 bits per heavy atom. The van der Waals surface area contributed by atoms with Crippen LogP contribution in [0.15, 0.2) is 46.9 Å². The fraction of sp³-hybridized carbons (Fsp3) is 0.300. The van der Waals surface area contributed by atoms with Gasteiger partial charge in [-0.3, -0.25) is 10.1 Å². The Labute approximate surface area is 178 Å². The largest absolute Gasteiger partial charge is 0.370 e. The van der Waals surface area contributed by atoms with E-state index in [0.717, 1.165) is 30.4 Å². The molecule has 1 saturated heterocycles. The predicted molar refractivity (Wildman–Crippen MR) is 120 cm³/mol. The van der Waals surface area contributed by atoms with E-state index < -0.39 is 0 Å². The SMILES string of the molecule is CC1CCN(c2ccc(NC(=S)NC(=O)c3ccccc3Br)cc2Cl)CC1. The van der Waals surface area contributed by atoms with Gasteiger partial charge in [0.1, 0.15) is 0 Å². The van der Waals surface area contributed by atoms with Crippen molar-refractivity contribution in [2.45, 2.75) is 19.8 Å². The van der Waals surface area contributed by atoms with Gasteiger partial charge in [-0.25, -0.2) is 0 Å². The van der Waals surface area contributed by atoms with E-state index in [4.69, 9.17) is 23.8 Å². The number of nitrogens with one attached hydrogen (secondary N) is 2. The fourth-order valence-electron chi connectivity index (χ4n) is 3.07. The molecule has 0 aliphatic carbocycles. The second-order valence-corrected chi connectivity index (χ2v) is 8.39. The van der Waals surface area contributed by atoms with Gasteiger partial charge in [-0.2, -0.15) is 0 Å². The third kappa shape index (κ3) is 5.21. The van der Waals surface area contributed by atoms with Gasteiger partial charge in [-0.05, 0) is 77.2 Å². The number of nitrogens with zero attached hydrogens (tertiary/aromatic N) is 1. The van der Waals surface area contributed by atoms with Crippen molar-refractivity contribution >= 4 is 62.1 Å². The Hall–Kier alpha value is -1.63. The van der Waals surface area contributed by atoms with Crippen molar-refractivity contribution in [3.63, 3.8) is 0 Å². The van der Waals surface area contributed by atoms with E-state index in [9.17, 15) is 4.79 Å². The van der Waals surface area contributed by atoms with Crippen LogP contribution in [0.25, 0.3) is 0 Å². The lowest BCUT2D eigenvalue weighted by molar-refractivity contribution is 0.0977. The minimum absolute atomic E-state index is 0.228. The summed E-state index contributed by atoms with van der Waals surface area (Å²) in [5.41, 5.74) is 2.30. The lowest BCUT2D eigenvalue weighted by Gasteiger charge is -2.32. The van der Waals surface area contributed by atoms with Gasteiger partial charge >= 0.3 is 0 Å². The highest BCUT2D eigenvalue weighted by molar-refractivity contribution is 9.10. The predicted octanol–water partition coefficient (Wildman–Crippen LogP) is 5.47. The Kier molecular flexibility index (Phi) is 6.73. The first-order valence-electron chi connectivity index (χ1n) is 8.85. The molecule has 1 aliphatic rings. The van der Waals surface area contributed by atoms with Gasteiger partial charge in [0.15, 0.2) is 5.11 Å². The Bertz CT molecular complexity index is 853. The molecule has 0 radical (unpaired) electrons. The first-order valence-corrected chi connectivity index (χ1v) is 10.4. The van der Waals surface area contributed by atoms with Crippen LogP contribution in [0.4, 0.5) is 11.4 Å². The number of piperidine rings is 1. The molecule has 1 amide bonds. The van der Waals surface area contributed by atoms with Crippen LogP contribution in [0.2, 0.25) is 5.02 Å². The highest BCUT2D eigenvalue weighted by atomic mass is 79.9. The number of carbonyl (C=O) groups is 1. The molecule has 0 spiro atoms. The van der Waals surface area contributed by atoms with E-state index in [1.165, 1.54) is 12.8 Å². The van der Waals surface area contributed by atoms with E-state index in [1.54, 1.807) is 12.1 Å². The molecule has 0 atom stereocenters. The van der Waals surface area contributed by atoms with Crippen molar-refractivity contribution in [1.82, 2.24) is 5.32 Å². The lowest BCUT2D eigenvalue weighted by Crippen LogP contribution is -2.34. The van der Waals surface area contributed by atoms with Crippen molar-refractivity contribution in [2.75, 3.05) is 23.3 Å². The standard InChI is InChI=1S/C20H21BrClN3OS/c1-13-8-10-25(11-9-13)18-7-6-14(12-17(18)22)23-20(27)24-19(26)15-4-2-3-5-16(15)21/h2-7,12-13H,8-11H2,1H3,(H2,23,24,26,27). The second kappa shape index (κ2) is 9.04. The number of hydrogen-bond acceptors (Lipinski definition) is 3. The van der Waals surface area contributed by atoms with Gasteiger partial charge in [0.2, 0.25) is 0 Å². The van der Waals surface area contributed by atoms with Gasteiger partial charge in [0, 0.05) is 23.2 Å². The molecule has 0 aromatic heterocycles. The zero-order valence-corrected chi connectivity index (χ0v) is 18.1. The maximum absolute atomic E-state index is 12.3. The quantitative estimate of drug-likeness (QED) is 0.589. The molecule has 27 heavy (non-hydrogen) atoms. The molecule has 142 valence electrons. The molecule has 0 bridgehead atoms. The molecule has 0 unspecified atom stereocenters. The van der Waals surface area contributed by atoms with E-state index in [1.807, 2.05) is 30.3 Å². The average molecular weight is 467 g/mol. The van der Waals surface area contributed by atoms with Crippen molar-refractivity contribution in [1.29, 1.82) is 0 Å². The third-order valence-electron chi connectivity index (χ3n) is 4.68. The molecule has 1 fully saturated rings. The molecule has 1 heterocycles. The van der Waals surface area contributed by atoms with E-state index in [0.29, 0.717) is 15.1 Å². The Morgan fingerprint density at radius 2 is 1.93 bits per heavy atom. The summed E-state index contributed by atoms with van der Waals surface area (Å²) in [4.78, 5) is 14.6. The number of carbonyl (C=O) groups excluding carboxylic acids is 1. The summed E-state index contributed by atoms with van der Waals surface area (Å²) in [6, 6.07) is 13.0. The van der Waals surface area contributed by atoms with Crippen molar-refractivity contribution < 1.29 is 4.79 Å². The molecule has 4 nitrogen and oxygen atoms in total. The number of benzene rings is 2.